The predicted octanol–water partition coefficient (Wildman–Crippen LogP) is 3.01. The highest BCUT2D eigenvalue weighted by molar-refractivity contribution is 5.89. The molecular weight excluding hydrogens is 311 g/mol. The van der Waals surface area contributed by atoms with Gasteiger partial charge in [0.1, 0.15) is 5.82 Å². The third-order valence-electron chi connectivity index (χ3n) is 3.21. The highest BCUT2D eigenvalue weighted by Gasteiger charge is 2.07. The molecule has 0 unspecified atom stereocenters. The van der Waals surface area contributed by atoms with Crippen LogP contribution in [0, 0.1) is 5.82 Å². The van der Waals surface area contributed by atoms with Crippen molar-refractivity contribution in [3.63, 3.8) is 0 Å². The number of rotatable bonds is 6. The zero-order valence-corrected chi connectivity index (χ0v) is 14.0. The van der Waals surface area contributed by atoms with Crippen molar-refractivity contribution in [3.05, 3.63) is 47.9 Å². The number of benzene rings is 1. The summed E-state index contributed by atoms with van der Waals surface area (Å²) in [5, 5.41) is 5.31. The normalized spacial score (nSPS) is 10.2. The summed E-state index contributed by atoms with van der Waals surface area (Å²) in [4.78, 5) is 18.0. The first-order valence-corrected chi connectivity index (χ1v) is 7.59. The largest absolute Gasteiger partial charge is 0.491 e. The first-order valence-electron chi connectivity index (χ1n) is 7.59. The van der Waals surface area contributed by atoms with Gasteiger partial charge in [0, 0.05) is 38.6 Å². The second-order valence-electron chi connectivity index (χ2n) is 5.30. The number of ether oxygens (including phenoxy) is 1. The topological polar surface area (TPSA) is 66.5 Å². The number of urea groups is 1. The zero-order valence-electron chi connectivity index (χ0n) is 14.0. The van der Waals surface area contributed by atoms with Gasteiger partial charge in [-0.3, -0.25) is 0 Å². The Morgan fingerprint density at radius 1 is 1.29 bits per heavy atom. The fourth-order valence-electron chi connectivity index (χ4n) is 2.02. The van der Waals surface area contributed by atoms with Gasteiger partial charge in [0.05, 0.1) is 6.61 Å². The summed E-state index contributed by atoms with van der Waals surface area (Å²) >= 11 is 0. The number of hydrogen-bond acceptors (Lipinski definition) is 4. The molecule has 0 aliphatic carbocycles. The summed E-state index contributed by atoms with van der Waals surface area (Å²) in [6.45, 7) is 2.50. The van der Waals surface area contributed by atoms with Crippen molar-refractivity contribution in [1.29, 1.82) is 0 Å². The van der Waals surface area contributed by atoms with Gasteiger partial charge in [-0.15, -0.1) is 0 Å². The first-order chi connectivity index (χ1) is 11.5. The van der Waals surface area contributed by atoms with E-state index in [2.05, 4.69) is 15.6 Å². The van der Waals surface area contributed by atoms with Crippen molar-refractivity contribution in [1.82, 2.24) is 10.3 Å². The molecule has 1 aromatic carbocycles. The number of carbonyl (C=O) groups excluding carboxylic acids is 1. The van der Waals surface area contributed by atoms with Crippen LogP contribution in [0.3, 0.4) is 0 Å². The van der Waals surface area contributed by atoms with Crippen molar-refractivity contribution in [2.45, 2.75) is 13.5 Å². The highest BCUT2D eigenvalue weighted by Crippen LogP contribution is 2.21. The number of aromatic nitrogens is 1. The van der Waals surface area contributed by atoms with E-state index in [0.717, 1.165) is 11.4 Å². The molecule has 128 valence electrons. The number of pyridine rings is 1. The van der Waals surface area contributed by atoms with E-state index in [1.54, 1.807) is 19.2 Å². The quantitative estimate of drug-likeness (QED) is 0.853. The summed E-state index contributed by atoms with van der Waals surface area (Å²) in [5.41, 5.74) is 1.28. The average Bonchev–Trinajstić information content (AvgIpc) is 2.56. The van der Waals surface area contributed by atoms with Crippen LogP contribution >= 0.6 is 0 Å². The van der Waals surface area contributed by atoms with Gasteiger partial charge < -0.3 is 20.3 Å². The molecule has 0 radical (unpaired) electrons. The van der Waals surface area contributed by atoms with Gasteiger partial charge in [0.25, 0.3) is 0 Å². The Labute approximate surface area is 140 Å². The van der Waals surface area contributed by atoms with Crippen molar-refractivity contribution >= 4 is 17.5 Å². The number of amides is 2. The van der Waals surface area contributed by atoms with Crippen LogP contribution in [0.25, 0.3) is 0 Å². The van der Waals surface area contributed by atoms with E-state index >= 15 is 0 Å². The molecular formula is C17H21FN4O2. The van der Waals surface area contributed by atoms with Crippen molar-refractivity contribution in [2.24, 2.45) is 0 Å². The van der Waals surface area contributed by atoms with E-state index in [4.69, 9.17) is 4.74 Å². The van der Waals surface area contributed by atoms with Crippen LogP contribution in [0.2, 0.25) is 0 Å². The van der Waals surface area contributed by atoms with Crippen LogP contribution in [0.1, 0.15) is 12.5 Å². The molecule has 0 fully saturated rings. The van der Waals surface area contributed by atoms with Gasteiger partial charge in [0.15, 0.2) is 11.6 Å². The summed E-state index contributed by atoms with van der Waals surface area (Å²) in [7, 11) is 3.79. The van der Waals surface area contributed by atoms with Crippen LogP contribution in [0.4, 0.5) is 20.7 Å². The molecule has 2 rings (SSSR count). The van der Waals surface area contributed by atoms with Crippen molar-refractivity contribution < 1.29 is 13.9 Å². The van der Waals surface area contributed by atoms with E-state index in [0.29, 0.717) is 18.8 Å². The Morgan fingerprint density at radius 2 is 2.08 bits per heavy atom. The standard InChI is InChI=1S/C17H21FN4O2/c1-4-24-15-6-5-13(10-14(15)18)21-17(23)20-11-12-7-8-19-16(9-12)22(2)3/h5-10H,4,11H2,1-3H3,(H2,20,21,23). The Bertz CT molecular complexity index is 707. The summed E-state index contributed by atoms with van der Waals surface area (Å²) < 4.78 is 18.9. The number of hydrogen-bond donors (Lipinski definition) is 2. The molecule has 2 N–H and O–H groups in total. The molecule has 0 aliphatic rings. The smallest absolute Gasteiger partial charge is 0.319 e. The maximum Gasteiger partial charge on any atom is 0.319 e. The summed E-state index contributed by atoms with van der Waals surface area (Å²) in [6, 6.07) is 7.59. The average molecular weight is 332 g/mol. The fourth-order valence-corrected chi connectivity index (χ4v) is 2.02. The number of nitrogens with zero attached hydrogens (tertiary/aromatic N) is 2. The van der Waals surface area contributed by atoms with Gasteiger partial charge >= 0.3 is 6.03 Å². The second-order valence-corrected chi connectivity index (χ2v) is 5.30. The Kier molecular flexibility index (Phi) is 5.95. The zero-order chi connectivity index (χ0) is 17.5. The number of halogens is 1. The molecule has 0 spiro atoms. The van der Waals surface area contributed by atoms with Crippen LogP contribution in [-0.4, -0.2) is 31.7 Å². The maximum absolute atomic E-state index is 13.8. The lowest BCUT2D eigenvalue weighted by molar-refractivity contribution is 0.251. The summed E-state index contributed by atoms with van der Waals surface area (Å²) in [6.07, 6.45) is 1.69. The van der Waals surface area contributed by atoms with Gasteiger partial charge in [-0.1, -0.05) is 0 Å². The van der Waals surface area contributed by atoms with E-state index in [1.165, 1.54) is 12.1 Å². The van der Waals surface area contributed by atoms with Crippen LogP contribution in [-0.2, 0) is 6.54 Å². The van der Waals surface area contributed by atoms with Crippen LogP contribution in [0.5, 0.6) is 5.75 Å². The van der Waals surface area contributed by atoms with E-state index < -0.39 is 11.8 Å². The van der Waals surface area contributed by atoms with Gasteiger partial charge in [-0.2, -0.15) is 0 Å². The molecule has 0 saturated carbocycles. The molecule has 2 amide bonds. The fraction of sp³-hybridized carbons (Fsp3) is 0.294. The molecule has 24 heavy (non-hydrogen) atoms. The molecule has 0 bridgehead atoms. The molecule has 1 heterocycles. The lowest BCUT2D eigenvalue weighted by atomic mass is 10.2. The molecule has 7 heteroatoms. The monoisotopic (exact) mass is 332 g/mol. The maximum atomic E-state index is 13.8. The molecule has 0 aliphatic heterocycles. The minimum Gasteiger partial charge on any atom is -0.491 e. The third-order valence-corrected chi connectivity index (χ3v) is 3.21. The molecule has 6 nitrogen and oxygen atoms in total. The molecule has 1 aromatic heterocycles. The van der Waals surface area contributed by atoms with Crippen molar-refractivity contribution in [3.8, 4) is 5.75 Å². The van der Waals surface area contributed by atoms with Gasteiger partial charge in [-0.25, -0.2) is 14.2 Å². The summed E-state index contributed by atoms with van der Waals surface area (Å²) in [5.74, 6) is 0.458. The lowest BCUT2D eigenvalue weighted by Crippen LogP contribution is -2.28. The van der Waals surface area contributed by atoms with Crippen molar-refractivity contribution in [2.75, 3.05) is 30.9 Å². The molecule has 2 aromatic rings. The number of anilines is 2. The lowest BCUT2D eigenvalue weighted by Gasteiger charge is -2.13. The minimum atomic E-state index is -0.514. The van der Waals surface area contributed by atoms with Gasteiger partial charge in [0.2, 0.25) is 0 Å². The van der Waals surface area contributed by atoms with E-state index in [9.17, 15) is 9.18 Å². The first kappa shape index (κ1) is 17.5. The predicted molar refractivity (Wildman–Crippen MR) is 92.0 cm³/mol. The molecule has 0 saturated heterocycles. The minimum absolute atomic E-state index is 0.163. The Morgan fingerprint density at radius 3 is 2.75 bits per heavy atom. The van der Waals surface area contributed by atoms with E-state index in [1.807, 2.05) is 31.1 Å². The number of nitrogens with one attached hydrogen (secondary N) is 2. The SMILES string of the molecule is CCOc1ccc(NC(=O)NCc2ccnc(N(C)C)c2)cc1F. The third kappa shape index (κ3) is 4.84. The number of carbonyl (C=O) groups is 1. The highest BCUT2D eigenvalue weighted by atomic mass is 19.1. The van der Waals surface area contributed by atoms with Crippen LogP contribution < -0.4 is 20.3 Å². The van der Waals surface area contributed by atoms with Gasteiger partial charge in [-0.05, 0) is 36.8 Å². The Balaban J connectivity index is 1.91. The Hall–Kier alpha value is -2.83. The van der Waals surface area contributed by atoms with E-state index in [-0.39, 0.29) is 5.75 Å². The van der Waals surface area contributed by atoms with Crippen LogP contribution in [0.15, 0.2) is 36.5 Å². The molecule has 0 atom stereocenters. The second kappa shape index (κ2) is 8.14.